The van der Waals surface area contributed by atoms with Crippen molar-refractivity contribution in [2.45, 2.75) is 33.6 Å². The Kier molecular flexibility index (Phi) is 3.62. The van der Waals surface area contributed by atoms with Crippen LogP contribution < -0.4 is 0 Å². The molecule has 0 saturated carbocycles. The largest absolute Gasteiger partial charge is 0.346 e. The zero-order valence-corrected chi connectivity index (χ0v) is 12.1. The van der Waals surface area contributed by atoms with Gasteiger partial charge in [-0.15, -0.1) is 0 Å². The molecule has 0 spiro atoms. The molecule has 0 unspecified atom stereocenters. The summed E-state index contributed by atoms with van der Waals surface area (Å²) in [4.78, 5) is 7.45. The highest BCUT2D eigenvalue weighted by Gasteiger charge is 2.13. The van der Waals surface area contributed by atoms with Crippen molar-refractivity contribution in [3.05, 3.63) is 45.9 Å². The van der Waals surface area contributed by atoms with Gasteiger partial charge in [-0.2, -0.15) is 0 Å². The number of aryl methyl sites for hydroxylation is 2. The van der Waals surface area contributed by atoms with E-state index in [1.54, 1.807) is 6.33 Å². The monoisotopic (exact) mass is 258 g/mol. The van der Waals surface area contributed by atoms with E-state index < -0.39 is 0 Å². The number of H-pyrrole nitrogens is 1. The fourth-order valence-corrected chi connectivity index (χ4v) is 2.65. The third-order valence-electron chi connectivity index (χ3n) is 3.12. The molecule has 1 N–H and O–H groups in total. The van der Waals surface area contributed by atoms with E-state index in [1.165, 1.54) is 16.7 Å². The van der Waals surface area contributed by atoms with E-state index in [9.17, 15) is 0 Å². The van der Waals surface area contributed by atoms with E-state index in [-0.39, 0.29) is 0 Å². The Morgan fingerprint density at radius 3 is 2.56 bits per heavy atom. The van der Waals surface area contributed by atoms with Crippen LogP contribution >= 0.6 is 12.2 Å². The van der Waals surface area contributed by atoms with Crippen LogP contribution in [0.3, 0.4) is 0 Å². The van der Waals surface area contributed by atoms with Gasteiger partial charge in [-0.25, -0.2) is 4.98 Å². The number of hydrogen-bond donors (Lipinski definition) is 1. The molecule has 0 amide bonds. The Bertz CT molecular complexity index is 627. The highest BCUT2D eigenvalue weighted by molar-refractivity contribution is 7.71. The van der Waals surface area contributed by atoms with Crippen molar-refractivity contribution in [3.63, 3.8) is 0 Å². The fraction of sp³-hybridized carbons (Fsp3) is 0.333. The molecule has 2 nitrogen and oxygen atoms in total. The second-order valence-electron chi connectivity index (χ2n) is 4.97. The van der Waals surface area contributed by atoms with Gasteiger partial charge in [0.15, 0.2) is 0 Å². The maximum Gasteiger partial charge on any atom is 0.133 e. The van der Waals surface area contributed by atoms with Crippen molar-refractivity contribution in [1.29, 1.82) is 0 Å². The molecule has 0 aliphatic carbocycles. The molecule has 2 aromatic rings. The van der Waals surface area contributed by atoms with Crippen LogP contribution in [0.25, 0.3) is 11.3 Å². The van der Waals surface area contributed by atoms with Gasteiger partial charge in [0.2, 0.25) is 0 Å². The predicted molar refractivity (Wildman–Crippen MR) is 78.4 cm³/mol. The topological polar surface area (TPSA) is 28.7 Å². The van der Waals surface area contributed by atoms with Crippen LogP contribution in [0.2, 0.25) is 0 Å². The molecule has 0 fully saturated rings. The summed E-state index contributed by atoms with van der Waals surface area (Å²) in [6.45, 7) is 8.53. The Morgan fingerprint density at radius 1 is 1.22 bits per heavy atom. The predicted octanol–water partition coefficient (Wildman–Crippen LogP) is 4.55. The third-order valence-corrected chi connectivity index (χ3v) is 3.44. The first-order valence-corrected chi connectivity index (χ1v) is 6.56. The van der Waals surface area contributed by atoms with Crippen LogP contribution in [0.15, 0.2) is 24.5 Å². The van der Waals surface area contributed by atoms with Crippen molar-refractivity contribution in [1.82, 2.24) is 9.97 Å². The van der Waals surface area contributed by atoms with Gasteiger partial charge in [-0.3, -0.25) is 0 Å². The molecule has 18 heavy (non-hydrogen) atoms. The van der Waals surface area contributed by atoms with Crippen LogP contribution in [0.5, 0.6) is 0 Å². The normalized spacial score (nSPS) is 10.9. The van der Waals surface area contributed by atoms with Crippen molar-refractivity contribution in [2.75, 3.05) is 0 Å². The highest BCUT2D eigenvalue weighted by atomic mass is 32.1. The molecule has 0 saturated heterocycles. The minimum absolute atomic E-state index is 0.359. The Balaban J connectivity index is 2.71. The zero-order chi connectivity index (χ0) is 13.3. The van der Waals surface area contributed by atoms with E-state index >= 15 is 0 Å². The zero-order valence-electron chi connectivity index (χ0n) is 11.2. The molecule has 0 aliphatic rings. The first-order valence-electron chi connectivity index (χ1n) is 6.16. The van der Waals surface area contributed by atoms with Crippen LogP contribution in [-0.2, 0) is 0 Å². The van der Waals surface area contributed by atoms with Crippen molar-refractivity contribution in [2.24, 2.45) is 0 Å². The second-order valence-corrected chi connectivity index (χ2v) is 5.36. The van der Waals surface area contributed by atoms with Crippen LogP contribution in [0.1, 0.15) is 36.5 Å². The standard InChI is InChI=1S/C15H18N2S/c1-9(2)13-14(16-8-17-15(13)18)12-6-5-10(3)7-11(12)4/h5-9H,1-4H3,(H,16,17,18). The van der Waals surface area contributed by atoms with Gasteiger partial charge in [-0.05, 0) is 25.3 Å². The van der Waals surface area contributed by atoms with E-state index in [4.69, 9.17) is 12.2 Å². The molecule has 1 heterocycles. The summed E-state index contributed by atoms with van der Waals surface area (Å²) in [5.74, 6) is 0.359. The van der Waals surface area contributed by atoms with Crippen molar-refractivity contribution >= 4 is 12.2 Å². The smallest absolute Gasteiger partial charge is 0.133 e. The lowest BCUT2D eigenvalue weighted by molar-refractivity contribution is 0.843. The lowest BCUT2D eigenvalue weighted by Gasteiger charge is -2.14. The van der Waals surface area contributed by atoms with Gasteiger partial charge < -0.3 is 4.98 Å². The first-order chi connectivity index (χ1) is 8.50. The molecular weight excluding hydrogens is 240 g/mol. The first kappa shape index (κ1) is 13.0. The number of aromatic amines is 1. The Labute approximate surface area is 113 Å². The summed E-state index contributed by atoms with van der Waals surface area (Å²) < 4.78 is 0.693. The molecule has 0 bridgehead atoms. The number of benzene rings is 1. The fourth-order valence-electron chi connectivity index (χ4n) is 2.26. The molecule has 1 aromatic heterocycles. The molecule has 0 atom stereocenters. The third kappa shape index (κ3) is 2.36. The second kappa shape index (κ2) is 5.02. The van der Waals surface area contributed by atoms with Crippen LogP contribution in [0.4, 0.5) is 0 Å². The quantitative estimate of drug-likeness (QED) is 0.801. The summed E-state index contributed by atoms with van der Waals surface area (Å²) in [5.41, 5.74) is 5.96. The van der Waals surface area contributed by atoms with Crippen LogP contribution in [0, 0.1) is 18.5 Å². The van der Waals surface area contributed by atoms with E-state index in [1.807, 2.05) is 0 Å². The summed E-state index contributed by atoms with van der Waals surface area (Å²) in [5, 5.41) is 0. The average molecular weight is 258 g/mol. The van der Waals surface area contributed by atoms with Gasteiger partial charge in [-0.1, -0.05) is 49.8 Å². The lowest BCUT2D eigenvalue weighted by Crippen LogP contribution is -2.00. The highest BCUT2D eigenvalue weighted by Crippen LogP contribution is 2.29. The molecule has 0 aliphatic heterocycles. The lowest BCUT2D eigenvalue weighted by atomic mass is 9.95. The van der Waals surface area contributed by atoms with Gasteiger partial charge in [0, 0.05) is 11.1 Å². The minimum Gasteiger partial charge on any atom is -0.346 e. The molecule has 94 valence electrons. The molecular formula is C15H18N2S. The number of nitrogens with zero attached hydrogens (tertiary/aromatic N) is 1. The summed E-state index contributed by atoms with van der Waals surface area (Å²) in [6.07, 6.45) is 1.68. The SMILES string of the molecule is Cc1ccc(-c2[nH]cnc(=S)c2C(C)C)c(C)c1. The Hall–Kier alpha value is -1.48. The van der Waals surface area contributed by atoms with Gasteiger partial charge in [0.05, 0.1) is 12.0 Å². The molecule has 1 aromatic carbocycles. The summed E-state index contributed by atoms with van der Waals surface area (Å²) >= 11 is 5.35. The number of hydrogen-bond acceptors (Lipinski definition) is 2. The summed E-state index contributed by atoms with van der Waals surface area (Å²) in [7, 11) is 0. The maximum absolute atomic E-state index is 5.35. The van der Waals surface area contributed by atoms with E-state index in [0.29, 0.717) is 10.6 Å². The van der Waals surface area contributed by atoms with Gasteiger partial charge in [0.1, 0.15) is 4.64 Å². The molecule has 0 radical (unpaired) electrons. The number of aromatic nitrogens is 2. The maximum atomic E-state index is 5.35. The molecule has 2 rings (SSSR count). The van der Waals surface area contributed by atoms with Crippen molar-refractivity contribution in [3.8, 4) is 11.3 Å². The minimum atomic E-state index is 0.359. The van der Waals surface area contributed by atoms with Crippen molar-refractivity contribution < 1.29 is 0 Å². The number of rotatable bonds is 2. The van der Waals surface area contributed by atoms with E-state index in [2.05, 4.69) is 55.9 Å². The number of nitrogens with one attached hydrogen (secondary N) is 1. The average Bonchev–Trinajstić information content (AvgIpc) is 2.28. The van der Waals surface area contributed by atoms with Gasteiger partial charge >= 0.3 is 0 Å². The van der Waals surface area contributed by atoms with Gasteiger partial charge in [0.25, 0.3) is 0 Å². The Morgan fingerprint density at radius 2 is 1.94 bits per heavy atom. The molecule has 3 heteroatoms. The van der Waals surface area contributed by atoms with E-state index in [0.717, 1.165) is 11.3 Å². The van der Waals surface area contributed by atoms with Crippen LogP contribution in [-0.4, -0.2) is 9.97 Å². The summed E-state index contributed by atoms with van der Waals surface area (Å²) in [6, 6.07) is 6.47.